The molecule has 0 fully saturated rings. The number of aryl methyl sites for hydroxylation is 1. The van der Waals surface area contributed by atoms with Crippen molar-refractivity contribution in [1.29, 1.82) is 0 Å². The Morgan fingerprint density at radius 2 is 2.32 bits per heavy atom. The highest BCUT2D eigenvalue weighted by Gasteiger charge is 2.11. The smallest absolute Gasteiger partial charge is 0.231 e. The van der Waals surface area contributed by atoms with Crippen molar-refractivity contribution in [2.75, 3.05) is 12.3 Å². The second-order valence-electron chi connectivity index (χ2n) is 3.90. The standard InChI is InChI=1S/C14H15N3OS/c1-3-9-15-13(18)10-19-14-16-11-7-5-6-8-12(11)17(14)4-2/h1,5-8H,4,9-10H2,2H3,(H,15,18). The number of thioether (sulfide) groups is 1. The van der Waals surface area contributed by atoms with Crippen LogP contribution in [0.1, 0.15) is 6.92 Å². The molecule has 0 aliphatic carbocycles. The lowest BCUT2D eigenvalue weighted by Crippen LogP contribution is -2.25. The molecule has 0 aliphatic rings. The van der Waals surface area contributed by atoms with Crippen molar-refractivity contribution in [2.45, 2.75) is 18.6 Å². The van der Waals surface area contributed by atoms with Gasteiger partial charge in [-0.3, -0.25) is 4.79 Å². The minimum absolute atomic E-state index is 0.0716. The van der Waals surface area contributed by atoms with Gasteiger partial charge in [-0.1, -0.05) is 29.8 Å². The van der Waals surface area contributed by atoms with E-state index in [1.165, 1.54) is 11.8 Å². The number of carbonyl (C=O) groups excluding carboxylic acids is 1. The van der Waals surface area contributed by atoms with Gasteiger partial charge in [-0.2, -0.15) is 0 Å². The Balaban J connectivity index is 2.12. The van der Waals surface area contributed by atoms with Gasteiger partial charge in [0.15, 0.2) is 5.16 Å². The van der Waals surface area contributed by atoms with Crippen molar-refractivity contribution >= 4 is 28.7 Å². The van der Waals surface area contributed by atoms with Gasteiger partial charge < -0.3 is 9.88 Å². The summed E-state index contributed by atoms with van der Waals surface area (Å²) >= 11 is 1.43. The van der Waals surface area contributed by atoms with Crippen molar-refractivity contribution in [2.24, 2.45) is 0 Å². The van der Waals surface area contributed by atoms with Crippen LogP contribution in [-0.4, -0.2) is 27.8 Å². The Labute approximate surface area is 116 Å². The number of aromatic nitrogens is 2. The van der Waals surface area contributed by atoms with Crippen LogP contribution in [0.5, 0.6) is 0 Å². The van der Waals surface area contributed by atoms with Gasteiger partial charge in [0.25, 0.3) is 0 Å². The minimum Gasteiger partial charge on any atom is -0.344 e. The summed E-state index contributed by atoms with van der Waals surface area (Å²) in [4.78, 5) is 16.1. The van der Waals surface area contributed by atoms with E-state index in [4.69, 9.17) is 6.42 Å². The summed E-state index contributed by atoms with van der Waals surface area (Å²) < 4.78 is 2.11. The van der Waals surface area contributed by atoms with E-state index in [9.17, 15) is 4.79 Å². The van der Waals surface area contributed by atoms with Crippen molar-refractivity contribution in [1.82, 2.24) is 14.9 Å². The minimum atomic E-state index is -0.0716. The molecule has 5 heteroatoms. The highest BCUT2D eigenvalue weighted by molar-refractivity contribution is 7.99. The number of benzene rings is 1. The van der Waals surface area contributed by atoms with Crippen molar-refractivity contribution in [3.8, 4) is 12.3 Å². The Kier molecular flexibility index (Phi) is 4.48. The molecule has 1 aromatic carbocycles. The van der Waals surface area contributed by atoms with E-state index in [-0.39, 0.29) is 12.5 Å². The molecule has 4 nitrogen and oxygen atoms in total. The van der Waals surface area contributed by atoms with Crippen LogP contribution in [0.3, 0.4) is 0 Å². The van der Waals surface area contributed by atoms with E-state index in [1.54, 1.807) is 0 Å². The molecule has 1 amide bonds. The summed E-state index contributed by atoms with van der Waals surface area (Å²) in [5.41, 5.74) is 2.05. The molecular formula is C14H15N3OS. The molecule has 19 heavy (non-hydrogen) atoms. The molecule has 0 aliphatic heterocycles. The van der Waals surface area contributed by atoms with Crippen LogP contribution < -0.4 is 5.32 Å². The number of para-hydroxylation sites is 2. The third-order valence-corrected chi connectivity index (χ3v) is 3.63. The second kappa shape index (κ2) is 6.30. The zero-order chi connectivity index (χ0) is 13.7. The van der Waals surface area contributed by atoms with Gasteiger partial charge in [0.1, 0.15) is 0 Å². The Morgan fingerprint density at radius 3 is 3.05 bits per heavy atom. The maximum atomic E-state index is 11.5. The molecule has 2 rings (SSSR count). The van der Waals surface area contributed by atoms with Crippen LogP contribution in [0, 0.1) is 12.3 Å². The van der Waals surface area contributed by atoms with Crippen LogP contribution >= 0.6 is 11.8 Å². The number of terminal acetylenes is 1. The molecule has 1 heterocycles. The second-order valence-corrected chi connectivity index (χ2v) is 4.84. The number of hydrogen-bond acceptors (Lipinski definition) is 3. The van der Waals surface area contributed by atoms with Crippen LogP contribution in [0.4, 0.5) is 0 Å². The first-order valence-electron chi connectivity index (χ1n) is 6.04. The van der Waals surface area contributed by atoms with Crippen molar-refractivity contribution in [3.05, 3.63) is 24.3 Å². The molecule has 0 atom stereocenters. The fourth-order valence-electron chi connectivity index (χ4n) is 1.80. The van der Waals surface area contributed by atoms with Crippen LogP contribution in [-0.2, 0) is 11.3 Å². The SMILES string of the molecule is C#CCNC(=O)CSc1nc2ccccc2n1CC. The van der Waals surface area contributed by atoms with Gasteiger partial charge >= 0.3 is 0 Å². The average Bonchev–Trinajstić information content (AvgIpc) is 2.80. The summed E-state index contributed by atoms with van der Waals surface area (Å²) in [7, 11) is 0. The Bertz CT molecular complexity index is 627. The van der Waals surface area contributed by atoms with Gasteiger partial charge in [-0.25, -0.2) is 4.98 Å². The third kappa shape index (κ3) is 3.09. The molecule has 0 unspecified atom stereocenters. The Morgan fingerprint density at radius 1 is 1.53 bits per heavy atom. The number of rotatable bonds is 5. The zero-order valence-corrected chi connectivity index (χ0v) is 11.5. The lowest BCUT2D eigenvalue weighted by molar-refractivity contribution is -0.118. The number of nitrogens with zero attached hydrogens (tertiary/aromatic N) is 2. The highest BCUT2D eigenvalue weighted by Crippen LogP contribution is 2.23. The lowest BCUT2D eigenvalue weighted by Gasteiger charge is -2.05. The number of imidazole rings is 1. The molecule has 1 N–H and O–H groups in total. The van der Waals surface area contributed by atoms with Crippen LogP contribution in [0.2, 0.25) is 0 Å². The van der Waals surface area contributed by atoms with Gasteiger partial charge in [-0.05, 0) is 19.1 Å². The van der Waals surface area contributed by atoms with Crippen LogP contribution in [0.25, 0.3) is 11.0 Å². The number of nitrogens with one attached hydrogen (secondary N) is 1. The van der Waals surface area contributed by atoms with Gasteiger partial charge in [0, 0.05) is 6.54 Å². The molecule has 0 bridgehead atoms. The average molecular weight is 273 g/mol. The van der Waals surface area contributed by atoms with E-state index >= 15 is 0 Å². The molecule has 98 valence electrons. The first-order chi connectivity index (χ1) is 9.26. The summed E-state index contributed by atoms with van der Waals surface area (Å²) in [5.74, 6) is 2.63. The molecule has 0 spiro atoms. The van der Waals surface area contributed by atoms with Crippen molar-refractivity contribution in [3.63, 3.8) is 0 Å². The largest absolute Gasteiger partial charge is 0.344 e. The predicted molar refractivity (Wildman–Crippen MR) is 78.0 cm³/mol. The van der Waals surface area contributed by atoms with E-state index < -0.39 is 0 Å². The summed E-state index contributed by atoms with van der Waals surface area (Å²) in [6.45, 7) is 3.16. The summed E-state index contributed by atoms with van der Waals surface area (Å²) in [6.07, 6.45) is 5.09. The lowest BCUT2D eigenvalue weighted by atomic mass is 10.3. The Hall–Kier alpha value is -1.93. The maximum absolute atomic E-state index is 11.5. The first-order valence-corrected chi connectivity index (χ1v) is 7.03. The zero-order valence-electron chi connectivity index (χ0n) is 10.7. The first kappa shape index (κ1) is 13.5. The molecule has 2 aromatic rings. The number of hydrogen-bond donors (Lipinski definition) is 1. The van der Waals surface area contributed by atoms with Gasteiger partial charge in [0.05, 0.1) is 23.3 Å². The molecule has 0 saturated carbocycles. The normalized spacial score (nSPS) is 10.3. The van der Waals surface area contributed by atoms with E-state index in [0.717, 1.165) is 22.7 Å². The molecule has 0 radical (unpaired) electrons. The summed E-state index contributed by atoms with van der Waals surface area (Å²) in [6, 6.07) is 7.96. The quantitative estimate of drug-likeness (QED) is 0.668. The number of fused-ring (bicyclic) bond motifs is 1. The third-order valence-electron chi connectivity index (χ3n) is 2.66. The van der Waals surface area contributed by atoms with Crippen LogP contribution in [0.15, 0.2) is 29.4 Å². The summed E-state index contributed by atoms with van der Waals surface area (Å²) in [5, 5.41) is 3.50. The monoisotopic (exact) mass is 273 g/mol. The maximum Gasteiger partial charge on any atom is 0.231 e. The fraction of sp³-hybridized carbons (Fsp3) is 0.286. The van der Waals surface area contributed by atoms with Gasteiger partial charge in [0.2, 0.25) is 5.91 Å². The van der Waals surface area contributed by atoms with Gasteiger partial charge in [-0.15, -0.1) is 6.42 Å². The van der Waals surface area contributed by atoms with E-state index in [0.29, 0.717) is 5.75 Å². The molecule has 0 saturated heterocycles. The number of amides is 1. The van der Waals surface area contributed by atoms with Crippen molar-refractivity contribution < 1.29 is 4.79 Å². The fourth-order valence-corrected chi connectivity index (χ4v) is 2.71. The number of carbonyl (C=O) groups is 1. The van der Waals surface area contributed by atoms with E-state index in [2.05, 4.69) is 27.7 Å². The van der Waals surface area contributed by atoms with E-state index in [1.807, 2.05) is 24.3 Å². The predicted octanol–water partition coefficient (Wildman–Crippen LogP) is 1.90. The topological polar surface area (TPSA) is 46.9 Å². The molecule has 1 aromatic heterocycles. The highest BCUT2D eigenvalue weighted by atomic mass is 32.2. The molecular weight excluding hydrogens is 258 g/mol.